The van der Waals surface area contributed by atoms with E-state index in [-0.39, 0.29) is 29.7 Å². The summed E-state index contributed by atoms with van der Waals surface area (Å²) < 4.78 is 0. The fourth-order valence-electron chi connectivity index (χ4n) is 5.53. The molecule has 4 atom stereocenters. The number of amides is 3. The highest BCUT2D eigenvalue weighted by molar-refractivity contribution is 5.93. The predicted octanol–water partition coefficient (Wildman–Crippen LogP) is 2.12. The Morgan fingerprint density at radius 3 is 2.33 bits per heavy atom. The molecule has 4 rings (SSSR count). The SMILES string of the molecule is CN[C@@H](C)C(=O)N[C@H](C(=O)N1CCN(Cc2ccccc2)C[C@H]1C(=O)NC1CCc2ccccc2C1)C(C)C. The molecule has 1 fully saturated rings. The molecule has 1 aliphatic heterocycles. The molecular formula is C31H43N5O3. The van der Waals surface area contributed by atoms with Gasteiger partial charge in [-0.1, -0.05) is 68.4 Å². The quantitative estimate of drug-likeness (QED) is 0.459. The summed E-state index contributed by atoms with van der Waals surface area (Å²) in [4.78, 5) is 44.4. The normalized spacial score (nSPS) is 21.1. The number of benzene rings is 2. The van der Waals surface area contributed by atoms with Crippen LogP contribution in [0.25, 0.3) is 0 Å². The Kier molecular flexibility index (Phi) is 9.75. The Morgan fingerprint density at radius 2 is 1.64 bits per heavy atom. The van der Waals surface area contributed by atoms with Crippen LogP contribution in [0.4, 0.5) is 0 Å². The van der Waals surface area contributed by atoms with Crippen molar-refractivity contribution < 1.29 is 14.4 Å². The lowest BCUT2D eigenvalue weighted by molar-refractivity contribution is -0.148. The number of fused-ring (bicyclic) bond motifs is 1. The van der Waals surface area contributed by atoms with E-state index < -0.39 is 18.1 Å². The first kappa shape index (κ1) is 28.8. The monoisotopic (exact) mass is 533 g/mol. The Labute approximate surface area is 232 Å². The molecule has 3 N–H and O–H groups in total. The zero-order chi connectivity index (χ0) is 27.9. The first-order valence-corrected chi connectivity index (χ1v) is 14.2. The number of aryl methyl sites for hydroxylation is 1. The van der Waals surface area contributed by atoms with Crippen molar-refractivity contribution in [1.82, 2.24) is 25.8 Å². The number of hydrogen-bond donors (Lipinski definition) is 3. The molecule has 1 unspecified atom stereocenters. The summed E-state index contributed by atoms with van der Waals surface area (Å²) in [5.41, 5.74) is 3.80. The third kappa shape index (κ3) is 7.25. The van der Waals surface area contributed by atoms with Gasteiger partial charge in [-0.15, -0.1) is 0 Å². The third-order valence-corrected chi connectivity index (χ3v) is 8.05. The number of hydrogen-bond acceptors (Lipinski definition) is 5. The Morgan fingerprint density at radius 1 is 0.949 bits per heavy atom. The fraction of sp³-hybridized carbons (Fsp3) is 0.516. The Bertz CT molecular complexity index is 1140. The van der Waals surface area contributed by atoms with E-state index in [1.54, 1.807) is 18.9 Å². The van der Waals surface area contributed by atoms with Gasteiger partial charge in [0.25, 0.3) is 0 Å². The Balaban J connectivity index is 1.52. The van der Waals surface area contributed by atoms with E-state index >= 15 is 0 Å². The smallest absolute Gasteiger partial charge is 0.246 e. The van der Waals surface area contributed by atoms with E-state index in [1.807, 2.05) is 38.1 Å². The largest absolute Gasteiger partial charge is 0.351 e. The highest BCUT2D eigenvalue weighted by Gasteiger charge is 2.40. The van der Waals surface area contributed by atoms with E-state index in [9.17, 15) is 14.4 Å². The number of rotatable bonds is 9. The molecule has 2 aromatic rings. The van der Waals surface area contributed by atoms with Crippen molar-refractivity contribution in [3.05, 3.63) is 71.3 Å². The van der Waals surface area contributed by atoms with Crippen LogP contribution in [0, 0.1) is 5.92 Å². The Hall–Kier alpha value is -3.23. The summed E-state index contributed by atoms with van der Waals surface area (Å²) in [7, 11) is 1.71. The van der Waals surface area contributed by atoms with Gasteiger partial charge < -0.3 is 20.9 Å². The number of nitrogens with one attached hydrogen (secondary N) is 3. The average Bonchev–Trinajstić information content (AvgIpc) is 2.95. The van der Waals surface area contributed by atoms with Gasteiger partial charge in [0.15, 0.2) is 0 Å². The topological polar surface area (TPSA) is 93.8 Å². The van der Waals surface area contributed by atoms with Crippen molar-refractivity contribution in [3.8, 4) is 0 Å². The minimum Gasteiger partial charge on any atom is -0.351 e. The number of likely N-dealkylation sites (N-methyl/N-ethyl adjacent to an activating group) is 1. The zero-order valence-electron chi connectivity index (χ0n) is 23.7. The van der Waals surface area contributed by atoms with Crippen molar-refractivity contribution in [1.29, 1.82) is 0 Å². The fourth-order valence-corrected chi connectivity index (χ4v) is 5.53. The molecule has 0 bridgehead atoms. The summed E-state index contributed by atoms with van der Waals surface area (Å²) in [6.07, 6.45) is 2.60. The minimum absolute atomic E-state index is 0.0333. The number of piperazine rings is 1. The second kappa shape index (κ2) is 13.2. The summed E-state index contributed by atoms with van der Waals surface area (Å²) in [5, 5.41) is 9.14. The van der Waals surface area contributed by atoms with Crippen LogP contribution in [-0.4, -0.2) is 78.4 Å². The van der Waals surface area contributed by atoms with Crippen LogP contribution in [0.1, 0.15) is 43.9 Å². The van der Waals surface area contributed by atoms with Gasteiger partial charge in [0.2, 0.25) is 17.7 Å². The molecule has 3 amide bonds. The lowest BCUT2D eigenvalue weighted by Gasteiger charge is -2.43. The molecule has 1 heterocycles. The second-order valence-corrected chi connectivity index (χ2v) is 11.2. The van der Waals surface area contributed by atoms with Crippen LogP contribution in [-0.2, 0) is 33.8 Å². The van der Waals surface area contributed by atoms with Gasteiger partial charge in [0, 0.05) is 32.2 Å². The molecule has 0 aromatic heterocycles. The first-order chi connectivity index (χ1) is 18.8. The van der Waals surface area contributed by atoms with E-state index in [2.05, 4.69) is 51.2 Å². The van der Waals surface area contributed by atoms with Gasteiger partial charge in [-0.3, -0.25) is 19.3 Å². The second-order valence-electron chi connectivity index (χ2n) is 11.2. The van der Waals surface area contributed by atoms with Crippen molar-refractivity contribution in [2.45, 2.75) is 70.7 Å². The van der Waals surface area contributed by atoms with Gasteiger partial charge >= 0.3 is 0 Å². The molecule has 1 saturated heterocycles. The number of carbonyl (C=O) groups excluding carboxylic acids is 3. The van der Waals surface area contributed by atoms with Gasteiger partial charge in [0.05, 0.1) is 6.04 Å². The van der Waals surface area contributed by atoms with Crippen LogP contribution in [0.2, 0.25) is 0 Å². The maximum atomic E-state index is 13.9. The first-order valence-electron chi connectivity index (χ1n) is 14.2. The molecule has 210 valence electrons. The molecule has 0 spiro atoms. The molecule has 2 aromatic carbocycles. The molecule has 39 heavy (non-hydrogen) atoms. The summed E-state index contributed by atoms with van der Waals surface area (Å²) in [6.45, 7) is 7.86. The van der Waals surface area contributed by atoms with E-state index in [0.717, 1.165) is 19.3 Å². The number of nitrogens with zero attached hydrogens (tertiary/aromatic N) is 2. The molecule has 0 saturated carbocycles. The average molecular weight is 534 g/mol. The lowest BCUT2D eigenvalue weighted by atomic mass is 9.88. The standard InChI is InChI=1S/C31H43N5O3/c1-21(2)28(34-29(37)22(3)32-4)31(39)36-17-16-35(19-23-10-6-5-7-11-23)20-27(36)30(38)33-26-15-14-24-12-8-9-13-25(24)18-26/h5-13,21-22,26-28,32H,14-20H2,1-4H3,(H,33,38)(H,34,37)/t22-,26?,27-,28-/m0/s1. The van der Waals surface area contributed by atoms with Crippen molar-refractivity contribution >= 4 is 17.7 Å². The third-order valence-electron chi connectivity index (χ3n) is 8.05. The van der Waals surface area contributed by atoms with Gasteiger partial charge in [-0.05, 0) is 55.8 Å². The van der Waals surface area contributed by atoms with Crippen molar-refractivity contribution in [3.63, 3.8) is 0 Å². The molecule has 1 aliphatic carbocycles. The summed E-state index contributed by atoms with van der Waals surface area (Å²) in [6, 6.07) is 16.9. The molecule has 2 aliphatic rings. The zero-order valence-corrected chi connectivity index (χ0v) is 23.7. The summed E-state index contributed by atoms with van der Waals surface area (Å²) >= 11 is 0. The maximum absolute atomic E-state index is 13.9. The van der Waals surface area contributed by atoms with Crippen LogP contribution >= 0.6 is 0 Å². The van der Waals surface area contributed by atoms with Gasteiger partial charge in [-0.2, -0.15) is 0 Å². The van der Waals surface area contributed by atoms with Crippen molar-refractivity contribution in [2.75, 3.05) is 26.7 Å². The van der Waals surface area contributed by atoms with E-state index in [1.165, 1.54) is 16.7 Å². The number of carbonyl (C=O) groups is 3. The molecule has 0 radical (unpaired) electrons. The maximum Gasteiger partial charge on any atom is 0.246 e. The van der Waals surface area contributed by atoms with Crippen LogP contribution < -0.4 is 16.0 Å². The molecular weight excluding hydrogens is 490 g/mol. The van der Waals surface area contributed by atoms with Crippen LogP contribution in [0.5, 0.6) is 0 Å². The molecule has 8 heteroatoms. The van der Waals surface area contributed by atoms with E-state index in [4.69, 9.17) is 0 Å². The van der Waals surface area contributed by atoms with Crippen LogP contribution in [0.15, 0.2) is 54.6 Å². The highest BCUT2D eigenvalue weighted by atomic mass is 16.2. The predicted molar refractivity (Wildman–Crippen MR) is 153 cm³/mol. The van der Waals surface area contributed by atoms with Crippen molar-refractivity contribution in [2.24, 2.45) is 5.92 Å². The van der Waals surface area contributed by atoms with E-state index in [0.29, 0.717) is 26.2 Å². The summed E-state index contributed by atoms with van der Waals surface area (Å²) in [5.74, 6) is -0.668. The van der Waals surface area contributed by atoms with Gasteiger partial charge in [0.1, 0.15) is 12.1 Å². The van der Waals surface area contributed by atoms with Crippen LogP contribution in [0.3, 0.4) is 0 Å². The minimum atomic E-state index is -0.703. The lowest BCUT2D eigenvalue weighted by Crippen LogP contribution is -2.65. The van der Waals surface area contributed by atoms with Gasteiger partial charge in [-0.25, -0.2) is 0 Å². The molecule has 8 nitrogen and oxygen atoms in total. The highest BCUT2D eigenvalue weighted by Crippen LogP contribution is 2.22.